The van der Waals surface area contributed by atoms with Crippen LogP contribution >= 0.6 is 0 Å². The van der Waals surface area contributed by atoms with Gasteiger partial charge in [-0.25, -0.2) is 0 Å². The molecule has 0 radical (unpaired) electrons. The van der Waals surface area contributed by atoms with Crippen LogP contribution in [-0.4, -0.2) is 35.5 Å². The number of anilines is 2. The normalized spacial score (nSPS) is 23.4. The topological polar surface area (TPSA) is 96.6 Å². The van der Waals surface area contributed by atoms with Gasteiger partial charge < -0.3 is 24.5 Å². The van der Waals surface area contributed by atoms with Gasteiger partial charge in [-0.05, 0) is 67.1 Å². The summed E-state index contributed by atoms with van der Waals surface area (Å²) in [7, 11) is 0. The van der Waals surface area contributed by atoms with E-state index < -0.39 is 0 Å². The van der Waals surface area contributed by atoms with Gasteiger partial charge in [0.1, 0.15) is 5.76 Å². The molecule has 3 aromatic rings. The standard InChI is InChI=1S/C29H32N4O4/c1-18(34)31-21-9-10-25-20(14-21)15-24(29(36)30-11-3-5-22-6-4-12-37-22)28-23-13-19(17-33(25)28)16-32-26(23)7-2-8-27(32)35/h2,4,6-10,12,14,19,23-24,28H,3,5,11,13,15-17H2,1H3,(H,30,36)(H,31,34)/t19-,23+,24+,28+/m0/s1. The minimum atomic E-state index is -0.267. The number of pyridine rings is 1. The molecule has 0 saturated carbocycles. The maximum Gasteiger partial charge on any atom is 0.250 e. The van der Waals surface area contributed by atoms with Crippen LogP contribution in [0.25, 0.3) is 0 Å². The fraction of sp³-hybridized carbons (Fsp3) is 0.414. The van der Waals surface area contributed by atoms with Gasteiger partial charge in [-0.1, -0.05) is 6.07 Å². The van der Waals surface area contributed by atoms with Gasteiger partial charge in [0.05, 0.1) is 12.2 Å². The summed E-state index contributed by atoms with van der Waals surface area (Å²) in [6.45, 7) is 3.58. The number of aromatic nitrogens is 1. The van der Waals surface area contributed by atoms with E-state index in [-0.39, 0.29) is 35.3 Å². The Bertz CT molecular complexity index is 1380. The number of carbonyl (C=O) groups excluding carboxylic acids is 2. The average Bonchev–Trinajstić information content (AvgIpc) is 3.40. The molecule has 2 N–H and O–H groups in total. The predicted octanol–water partition coefficient (Wildman–Crippen LogP) is 3.31. The zero-order chi connectivity index (χ0) is 25.5. The van der Waals surface area contributed by atoms with Crippen molar-refractivity contribution in [3.05, 3.63) is 82.2 Å². The number of piperidine rings is 1. The molecule has 1 fully saturated rings. The molecule has 0 spiro atoms. The van der Waals surface area contributed by atoms with E-state index in [2.05, 4.69) is 27.7 Å². The summed E-state index contributed by atoms with van der Waals surface area (Å²) in [5, 5.41) is 6.07. The van der Waals surface area contributed by atoms with E-state index in [0.29, 0.717) is 25.4 Å². The first-order valence-electron chi connectivity index (χ1n) is 13.1. The smallest absolute Gasteiger partial charge is 0.250 e. The molecule has 37 heavy (non-hydrogen) atoms. The van der Waals surface area contributed by atoms with Gasteiger partial charge in [0, 0.05) is 68.1 Å². The Labute approximate surface area is 215 Å². The molecule has 8 heteroatoms. The van der Waals surface area contributed by atoms with Crippen molar-refractivity contribution < 1.29 is 14.0 Å². The molecule has 0 aliphatic carbocycles. The Morgan fingerprint density at radius 3 is 2.81 bits per heavy atom. The molecule has 8 nitrogen and oxygen atoms in total. The first-order chi connectivity index (χ1) is 18.0. The van der Waals surface area contributed by atoms with Crippen LogP contribution in [0.3, 0.4) is 0 Å². The number of benzene rings is 1. The molecule has 1 aromatic carbocycles. The van der Waals surface area contributed by atoms with Crippen LogP contribution in [0.2, 0.25) is 0 Å². The molecule has 3 aliphatic heterocycles. The molecule has 0 unspecified atom stereocenters. The number of nitrogens with one attached hydrogen (secondary N) is 2. The second-order valence-corrected chi connectivity index (χ2v) is 10.6. The largest absolute Gasteiger partial charge is 0.469 e. The number of furan rings is 1. The lowest BCUT2D eigenvalue weighted by Gasteiger charge is -2.54. The maximum atomic E-state index is 13.7. The third kappa shape index (κ3) is 4.45. The molecule has 2 bridgehead atoms. The van der Waals surface area contributed by atoms with Crippen LogP contribution in [0, 0.1) is 11.8 Å². The highest BCUT2D eigenvalue weighted by Gasteiger charge is 2.49. The number of rotatable bonds is 6. The van der Waals surface area contributed by atoms with Crippen molar-refractivity contribution in [1.82, 2.24) is 9.88 Å². The van der Waals surface area contributed by atoms with Gasteiger partial charge in [-0.15, -0.1) is 0 Å². The minimum Gasteiger partial charge on any atom is -0.469 e. The number of amides is 2. The first-order valence-corrected chi connectivity index (χ1v) is 13.1. The molecule has 1 saturated heterocycles. The lowest BCUT2D eigenvalue weighted by atomic mass is 9.69. The monoisotopic (exact) mass is 500 g/mol. The van der Waals surface area contributed by atoms with E-state index in [1.165, 1.54) is 6.92 Å². The minimum absolute atomic E-state index is 0.0335. The summed E-state index contributed by atoms with van der Waals surface area (Å²) < 4.78 is 7.34. The maximum absolute atomic E-state index is 13.7. The Balaban J connectivity index is 1.32. The zero-order valence-electron chi connectivity index (χ0n) is 21.0. The summed E-state index contributed by atoms with van der Waals surface area (Å²) >= 11 is 0. The molecular weight excluding hydrogens is 468 g/mol. The third-order valence-corrected chi connectivity index (χ3v) is 8.10. The second-order valence-electron chi connectivity index (χ2n) is 10.6. The lowest BCUT2D eigenvalue weighted by molar-refractivity contribution is -0.126. The van der Waals surface area contributed by atoms with E-state index in [1.54, 1.807) is 12.3 Å². The van der Waals surface area contributed by atoms with Crippen molar-refractivity contribution in [2.45, 2.75) is 51.1 Å². The third-order valence-electron chi connectivity index (χ3n) is 8.10. The highest BCUT2D eigenvalue weighted by atomic mass is 16.3. The number of aryl methyl sites for hydroxylation is 1. The Kier molecular flexibility index (Phi) is 6.10. The number of fused-ring (bicyclic) bond motifs is 8. The zero-order valence-corrected chi connectivity index (χ0v) is 21.0. The molecule has 2 amide bonds. The van der Waals surface area contributed by atoms with E-state index in [9.17, 15) is 14.4 Å². The van der Waals surface area contributed by atoms with Crippen LogP contribution in [0.1, 0.15) is 42.7 Å². The van der Waals surface area contributed by atoms with Crippen molar-refractivity contribution in [2.75, 3.05) is 23.3 Å². The van der Waals surface area contributed by atoms with E-state index >= 15 is 0 Å². The van der Waals surface area contributed by atoms with E-state index in [4.69, 9.17) is 4.42 Å². The Hall–Kier alpha value is -3.81. The SMILES string of the molecule is CC(=O)Nc1ccc2c(c1)C[C@@H](C(=O)NCCCc1ccco1)[C@H]1[C@@H]3C[C@H](CN21)Cn1c3cccc1=O. The van der Waals surface area contributed by atoms with Gasteiger partial charge >= 0.3 is 0 Å². The van der Waals surface area contributed by atoms with Crippen LogP contribution in [0.5, 0.6) is 0 Å². The number of hydrogen-bond donors (Lipinski definition) is 2. The lowest BCUT2D eigenvalue weighted by Crippen LogP contribution is -2.60. The fourth-order valence-corrected chi connectivity index (χ4v) is 6.66. The molecule has 6 rings (SSSR count). The van der Waals surface area contributed by atoms with Gasteiger partial charge in [0.15, 0.2) is 0 Å². The molecule has 4 atom stereocenters. The molecule has 3 aliphatic rings. The first kappa shape index (κ1) is 23.6. The quantitative estimate of drug-likeness (QED) is 0.507. The number of hydrogen-bond acceptors (Lipinski definition) is 5. The number of nitrogens with zero attached hydrogens (tertiary/aromatic N) is 2. The van der Waals surface area contributed by atoms with Crippen molar-refractivity contribution in [3.63, 3.8) is 0 Å². The highest BCUT2D eigenvalue weighted by Crippen LogP contribution is 2.48. The van der Waals surface area contributed by atoms with Crippen LogP contribution in [0.15, 0.2) is 64.0 Å². The van der Waals surface area contributed by atoms with Gasteiger partial charge in [-0.3, -0.25) is 14.4 Å². The molecule has 5 heterocycles. The summed E-state index contributed by atoms with van der Waals surface area (Å²) in [5.41, 5.74) is 4.02. The fourth-order valence-electron chi connectivity index (χ4n) is 6.66. The van der Waals surface area contributed by atoms with Gasteiger partial charge in [-0.2, -0.15) is 0 Å². The summed E-state index contributed by atoms with van der Waals surface area (Å²) in [5.74, 6) is 1.01. The molecule has 2 aromatic heterocycles. The average molecular weight is 501 g/mol. The second kappa shape index (κ2) is 9.57. The van der Waals surface area contributed by atoms with Crippen LogP contribution in [0.4, 0.5) is 11.4 Å². The van der Waals surface area contributed by atoms with Crippen molar-refractivity contribution in [1.29, 1.82) is 0 Å². The predicted molar refractivity (Wildman–Crippen MR) is 141 cm³/mol. The van der Waals surface area contributed by atoms with E-state index in [0.717, 1.165) is 54.2 Å². The Morgan fingerprint density at radius 1 is 1.11 bits per heavy atom. The van der Waals surface area contributed by atoms with Crippen LogP contribution < -0.4 is 21.1 Å². The summed E-state index contributed by atoms with van der Waals surface area (Å²) in [6.07, 6.45) is 4.81. The summed E-state index contributed by atoms with van der Waals surface area (Å²) in [6, 6.07) is 15.3. The van der Waals surface area contributed by atoms with Crippen molar-refractivity contribution >= 4 is 23.2 Å². The van der Waals surface area contributed by atoms with Crippen LogP contribution in [-0.2, 0) is 29.0 Å². The molecular formula is C29H32N4O4. The number of carbonyl (C=O) groups is 2. The highest BCUT2D eigenvalue weighted by molar-refractivity contribution is 5.89. The van der Waals surface area contributed by atoms with Crippen molar-refractivity contribution in [3.8, 4) is 0 Å². The molecule has 192 valence electrons. The van der Waals surface area contributed by atoms with Gasteiger partial charge in [0.25, 0.3) is 5.56 Å². The van der Waals surface area contributed by atoms with Gasteiger partial charge in [0.2, 0.25) is 11.8 Å². The summed E-state index contributed by atoms with van der Waals surface area (Å²) in [4.78, 5) is 40.5. The van der Waals surface area contributed by atoms with E-state index in [1.807, 2.05) is 34.9 Å². The van der Waals surface area contributed by atoms with Crippen molar-refractivity contribution in [2.24, 2.45) is 11.8 Å². The Morgan fingerprint density at radius 2 is 2.00 bits per heavy atom.